The minimum atomic E-state index is -0.197. The Bertz CT molecular complexity index is 1160. The Hall–Kier alpha value is -3.32. The number of anilines is 2. The summed E-state index contributed by atoms with van der Waals surface area (Å²) >= 11 is 2.74. The van der Waals surface area contributed by atoms with E-state index in [1.165, 1.54) is 23.1 Å². The van der Waals surface area contributed by atoms with Crippen molar-refractivity contribution < 1.29 is 23.6 Å². The van der Waals surface area contributed by atoms with Gasteiger partial charge in [0, 0.05) is 37.8 Å². The number of hydrogen-bond donors (Lipinski definition) is 1. The van der Waals surface area contributed by atoms with Gasteiger partial charge in [-0.2, -0.15) is 0 Å². The highest BCUT2D eigenvalue weighted by molar-refractivity contribution is 8.01. The van der Waals surface area contributed by atoms with E-state index in [-0.39, 0.29) is 17.6 Å². The molecule has 11 nitrogen and oxygen atoms in total. The van der Waals surface area contributed by atoms with Crippen LogP contribution in [0, 0.1) is 6.92 Å². The van der Waals surface area contributed by atoms with Crippen molar-refractivity contribution in [2.75, 3.05) is 56.4 Å². The second-order valence-electron chi connectivity index (χ2n) is 7.36. The molecule has 34 heavy (non-hydrogen) atoms. The van der Waals surface area contributed by atoms with Gasteiger partial charge >= 0.3 is 0 Å². The molecule has 1 fully saturated rings. The molecule has 2 aromatic heterocycles. The monoisotopic (exact) mass is 504 g/mol. The molecule has 2 amide bonds. The average Bonchev–Trinajstić information content (AvgIpc) is 3.50. The average molecular weight is 505 g/mol. The molecule has 0 radical (unpaired) electrons. The number of amides is 2. The second-order valence-corrected chi connectivity index (χ2v) is 9.54. The fourth-order valence-corrected chi connectivity index (χ4v) is 5.07. The Balaban J connectivity index is 1.27. The summed E-state index contributed by atoms with van der Waals surface area (Å²) in [6, 6.07) is 6.82. The number of aryl methyl sites for hydroxylation is 1. The number of nitrogens with zero attached hydrogens (tertiary/aromatic N) is 5. The van der Waals surface area contributed by atoms with Crippen LogP contribution in [0.25, 0.3) is 0 Å². The highest BCUT2D eigenvalue weighted by Crippen LogP contribution is 2.30. The number of piperazine rings is 1. The van der Waals surface area contributed by atoms with Gasteiger partial charge in [-0.25, -0.2) is 0 Å². The van der Waals surface area contributed by atoms with E-state index in [2.05, 4.69) is 25.6 Å². The first-order valence-electron chi connectivity index (χ1n) is 10.4. The van der Waals surface area contributed by atoms with E-state index >= 15 is 0 Å². The highest BCUT2D eigenvalue weighted by Gasteiger charge is 2.25. The van der Waals surface area contributed by atoms with Gasteiger partial charge in [0.2, 0.25) is 11.0 Å². The van der Waals surface area contributed by atoms with Gasteiger partial charge in [-0.3, -0.25) is 9.59 Å². The molecular formula is C21H24N6O5S2. The van der Waals surface area contributed by atoms with E-state index in [4.69, 9.17) is 14.0 Å². The van der Waals surface area contributed by atoms with Crippen LogP contribution < -0.4 is 19.7 Å². The first kappa shape index (κ1) is 23.8. The summed E-state index contributed by atoms with van der Waals surface area (Å²) in [5, 5.41) is 15.6. The largest absolute Gasteiger partial charge is 0.493 e. The Morgan fingerprint density at radius 3 is 2.56 bits per heavy atom. The van der Waals surface area contributed by atoms with Crippen molar-refractivity contribution in [1.29, 1.82) is 0 Å². The Labute approximate surface area is 204 Å². The molecule has 3 heterocycles. The van der Waals surface area contributed by atoms with E-state index < -0.39 is 0 Å². The molecule has 0 aliphatic carbocycles. The molecule has 1 saturated heterocycles. The highest BCUT2D eigenvalue weighted by atomic mass is 32.2. The SMILES string of the molecule is COc1ccc(C(=O)N2CCN(c3nnc(SCC(=O)Nc4cc(C)on4)s3)CC2)cc1OC. The predicted molar refractivity (Wildman–Crippen MR) is 128 cm³/mol. The third-order valence-corrected chi connectivity index (χ3v) is 7.20. The molecule has 1 aromatic carbocycles. The summed E-state index contributed by atoms with van der Waals surface area (Å²) in [5.41, 5.74) is 0.555. The zero-order chi connectivity index (χ0) is 24.1. The van der Waals surface area contributed by atoms with Gasteiger partial charge in [0.25, 0.3) is 5.91 Å². The molecule has 13 heteroatoms. The fraction of sp³-hybridized carbons (Fsp3) is 0.381. The summed E-state index contributed by atoms with van der Waals surface area (Å²) in [6.07, 6.45) is 0. The van der Waals surface area contributed by atoms with Gasteiger partial charge in [0.05, 0.1) is 20.0 Å². The summed E-state index contributed by atoms with van der Waals surface area (Å²) in [7, 11) is 3.10. The standard InChI is InChI=1S/C21H24N6O5S2/c1-13-10-17(25-32-13)22-18(28)12-33-21-24-23-20(34-21)27-8-6-26(7-9-27)19(29)14-4-5-15(30-2)16(11-14)31-3/h4-5,10-11H,6-9,12H2,1-3H3,(H,22,25,28). The number of carbonyl (C=O) groups excluding carboxylic acids is 2. The maximum absolute atomic E-state index is 12.9. The summed E-state index contributed by atoms with van der Waals surface area (Å²) in [6.45, 7) is 4.17. The quantitative estimate of drug-likeness (QED) is 0.458. The Kier molecular flexibility index (Phi) is 7.53. The molecule has 1 aliphatic rings. The maximum atomic E-state index is 12.9. The zero-order valence-electron chi connectivity index (χ0n) is 18.9. The topological polar surface area (TPSA) is 123 Å². The normalized spacial score (nSPS) is 13.6. The van der Waals surface area contributed by atoms with Crippen LogP contribution in [-0.2, 0) is 4.79 Å². The summed E-state index contributed by atoms with van der Waals surface area (Å²) < 4.78 is 16.2. The molecule has 3 aromatic rings. The first-order chi connectivity index (χ1) is 16.5. The number of aromatic nitrogens is 3. The molecule has 1 N–H and O–H groups in total. The van der Waals surface area contributed by atoms with Gasteiger partial charge in [-0.05, 0) is 25.1 Å². The smallest absolute Gasteiger partial charge is 0.254 e. The van der Waals surface area contributed by atoms with Crippen molar-refractivity contribution in [3.8, 4) is 11.5 Å². The number of ether oxygens (including phenoxy) is 2. The van der Waals surface area contributed by atoms with Gasteiger partial charge in [0.1, 0.15) is 5.76 Å². The number of nitrogens with one attached hydrogen (secondary N) is 1. The minimum absolute atomic E-state index is 0.0533. The summed E-state index contributed by atoms with van der Waals surface area (Å²) in [5.74, 6) is 2.06. The number of hydrogen-bond acceptors (Lipinski definition) is 11. The molecule has 1 aliphatic heterocycles. The summed E-state index contributed by atoms with van der Waals surface area (Å²) in [4.78, 5) is 28.9. The van der Waals surface area contributed by atoms with Gasteiger partial charge < -0.3 is 29.1 Å². The lowest BCUT2D eigenvalue weighted by Crippen LogP contribution is -2.48. The molecular weight excluding hydrogens is 480 g/mol. The molecule has 4 rings (SSSR count). The lowest BCUT2D eigenvalue weighted by atomic mass is 10.1. The van der Waals surface area contributed by atoms with Gasteiger partial charge in [-0.1, -0.05) is 28.3 Å². The number of rotatable bonds is 8. The van der Waals surface area contributed by atoms with Crippen molar-refractivity contribution in [1.82, 2.24) is 20.3 Å². The zero-order valence-corrected chi connectivity index (χ0v) is 20.6. The van der Waals surface area contributed by atoms with Crippen molar-refractivity contribution in [2.24, 2.45) is 0 Å². The van der Waals surface area contributed by atoms with E-state index in [0.717, 1.165) is 5.13 Å². The minimum Gasteiger partial charge on any atom is -0.493 e. The van der Waals surface area contributed by atoms with Gasteiger partial charge in [0.15, 0.2) is 21.7 Å². The van der Waals surface area contributed by atoms with E-state index in [1.54, 1.807) is 45.4 Å². The number of thioether (sulfide) groups is 1. The van der Waals surface area contributed by atoms with E-state index in [0.29, 0.717) is 59.2 Å². The third-order valence-electron chi connectivity index (χ3n) is 5.09. The van der Waals surface area contributed by atoms with Crippen LogP contribution in [0.15, 0.2) is 33.1 Å². The van der Waals surface area contributed by atoms with Crippen molar-refractivity contribution in [3.05, 3.63) is 35.6 Å². The molecule has 0 unspecified atom stereocenters. The van der Waals surface area contributed by atoms with Crippen LogP contribution in [0.1, 0.15) is 16.1 Å². The fourth-order valence-electron chi connectivity index (χ4n) is 3.37. The Morgan fingerprint density at radius 1 is 1.12 bits per heavy atom. The van der Waals surface area contributed by atoms with Crippen LogP contribution >= 0.6 is 23.1 Å². The van der Waals surface area contributed by atoms with Crippen LogP contribution in [0.2, 0.25) is 0 Å². The van der Waals surface area contributed by atoms with Crippen molar-refractivity contribution in [2.45, 2.75) is 11.3 Å². The molecule has 0 spiro atoms. The van der Waals surface area contributed by atoms with Crippen LogP contribution in [-0.4, -0.2) is 78.2 Å². The maximum Gasteiger partial charge on any atom is 0.254 e. The first-order valence-corrected chi connectivity index (χ1v) is 12.2. The number of carbonyl (C=O) groups is 2. The second kappa shape index (κ2) is 10.7. The molecule has 180 valence electrons. The third kappa shape index (κ3) is 5.59. The Morgan fingerprint density at radius 2 is 1.88 bits per heavy atom. The number of methoxy groups -OCH3 is 2. The van der Waals surface area contributed by atoms with Gasteiger partial charge in [-0.15, -0.1) is 10.2 Å². The van der Waals surface area contributed by atoms with Crippen molar-refractivity contribution in [3.63, 3.8) is 0 Å². The molecule has 0 saturated carbocycles. The molecule has 0 atom stereocenters. The van der Waals surface area contributed by atoms with Crippen LogP contribution in [0.4, 0.5) is 10.9 Å². The lowest BCUT2D eigenvalue weighted by Gasteiger charge is -2.34. The molecule has 0 bridgehead atoms. The van der Waals surface area contributed by atoms with Crippen molar-refractivity contribution >= 4 is 45.9 Å². The van der Waals surface area contributed by atoms with E-state index in [1.807, 2.05) is 4.90 Å². The van der Waals surface area contributed by atoms with Crippen LogP contribution in [0.3, 0.4) is 0 Å². The van der Waals surface area contributed by atoms with Crippen LogP contribution in [0.5, 0.6) is 11.5 Å². The lowest BCUT2D eigenvalue weighted by molar-refractivity contribution is -0.113. The van der Waals surface area contributed by atoms with E-state index in [9.17, 15) is 9.59 Å². The number of benzene rings is 1. The predicted octanol–water partition coefficient (Wildman–Crippen LogP) is 2.54.